The standard InChI is InChI=1S/C10H18Br2N2O2/c1-8(6-13-9(15)2-4-11)7-14-10(16)3-5-12/h8H,2-7H2,1H3,(H,13,15)(H,14,16). The first-order chi connectivity index (χ1) is 7.60. The molecule has 0 bridgehead atoms. The Kier molecular flexibility index (Phi) is 10.0. The zero-order chi connectivity index (χ0) is 12.4. The van der Waals surface area contributed by atoms with Crippen molar-refractivity contribution in [3.63, 3.8) is 0 Å². The molecule has 0 aromatic carbocycles. The third kappa shape index (κ3) is 9.15. The summed E-state index contributed by atoms with van der Waals surface area (Å²) in [5.41, 5.74) is 0. The first-order valence-corrected chi connectivity index (χ1v) is 7.49. The molecule has 0 radical (unpaired) electrons. The number of carbonyl (C=O) groups excluding carboxylic acids is 2. The first-order valence-electron chi connectivity index (χ1n) is 5.25. The average molecular weight is 358 g/mol. The molecule has 0 heterocycles. The smallest absolute Gasteiger partial charge is 0.220 e. The zero-order valence-corrected chi connectivity index (χ0v) is 12.6. The molecule has 0 aliphatic rings. The van der Waals surface area contributed by atoms with Gasteiger partial charge in [0.05, 0.1) is 0 Å². The van der Waals surface area contributed by atoms with Crippen molar-refractivity contribution in [1.29, 1.82) is 0 Å². The largest absolute Gasteiger partial charge is 0.356 e. The summed E-state index contributed by atoms with van der Waals surface area (Å²) in [4.78, 5) is 22.3. The van der Waals surface area contributed by atoms with Crippen LogP contribution in [0.2, 0.25) is 0 Å². The Hall–Kier alpha value is -0.100. The molecule has 0 unspecified atom stereocenters. The highest BCUT2D eigenvalue weighted by Crippen LogP contribution is 1.93. The molecule has 0 aliphatic carbocycles. The Morgan fingerprint density at radius 1 is 1.00 bits per heavy atom. The first kappa shape index (κ1) is 15.9. The van der Waals surface area contributed by atoms with Gasteiger partial charge in [-0.25, -0.2) is 0 Å². The summed E-state index contributed by atoms with van der Waals surface area (Å²) in [6.07, 6.45) is 0.978. The van der Waals surface area contributed by atoms with Crippen LogP contribution in [0.5, 0.6) is 0 Å². The molecule has 0 spiro atoms. The number of hydrogen-bond acceptors (Lipinski definition) is 2. The minimum Gasteiger partial charge on any atom is -0.356 e. The van der Waals surface area contributed by atoms with Gasteiger partial charge in [0.15, 0.2) is 0 Å². The highest BCUT2D eigenvalue weighted by atomic mass is 79.9. The summed E-state index contributed by atoms with van der Waals surface area (Å²) < 4.78 is 0. The molecule has 16 heavy (non-hydrogen) atoms. The Morgan fingerprint density at radius 2 is 1.38 bits per heavy atom. The fourth-order valence-corrected chi connectivity index (χ4v) is 1.72. The van der Waals surface area contributed by atoms with Gasteiger partial charge in [-0.15, -0.1) is 0 Å². The van der Waals surface area contributed by atoms with Crippen molar-refractivity contribution in [2.45, 2.75) is 19.8 Å². The van der Waals surface area contributed by atoms with Gasteiger partial charge < -0.3 is 10.6 Å². The minimum absolute atomic E-state index is 0.0375. The number of nitrogens with one attached hydrogen (secondary N) is 2. The Labute approximate surface area is 113 Å². The lowest BCUT2D eigenvalue weighted by Crippen LogP contribution is -2.35. The van der Waals surface area contributed by atoms with E-state index in [4.69, 9.17) is 0 Å². The van der Waals surface area contributed by atoms with Crippen molar-refractivity contribution >= 4 is 43.7 Å². The molecule has 0 saturated carbocycles. The third-order valence-corrected chi connectivity index (χ3v) is 2.73. The van der Waals surface area contributed by atoms with Crippen LogP contribution in [0, 0.1) is 5.92 Å². The van der Waals surface area contributed by atoms with Gasteiger partial charge in [0.2, 0.25) is 11.8 Å². The molecule has 0 atom stereocenters. The molecule has 0 fully saturated rings. The number of halogens is 2. The predicted octanol–water partition coefficient (Wildman–Crippen LogP) is 1.42. The molecular weight excluding hydrogens is 340 g/mol. The normalized spacial score (nSPS) is 10.2. The predicted molar refractivity (Wildman–Crippen MR) is 72.0 cm³/mol. The Morgan fingerprint density at radius 3 is 1.69 bits per heavy atom. The lowest BCUT2D eigenvalue weighted by Gasteiger charge is -2.13. The molecular formula is C10H18Br2N2O2. The van der Waals surface area contributed by atoms with E-state index in [9.17, 15) is 9.59 Å². The molecule has 6 heteroatoms. The highest BCUT2D eigenvalue weighted by Gasteiger charge is 2.06. The second kappa shape index (κ2) is 10.1. The van der Waals surface area contributed by atoms with Crippen molar-refractivity contribution in [2.75, 3.05) is 23.7 Å². The van der Waals surface area contributed by atoms with Crippen LogP contribution in [-0.2, 0) is 9.59 Å². The second-order valence-electron chi connectivity index (χ2n) is 3.59. The van der Waals surface area contributed by atoms with E-state index in [0.29, 0.717) is 36.6 Å². The SMILES string of the molecule is CC(CNC(=O)CCBr)CNC(=O)CCBr. The van der Waals surface area contributed by atoms with E-state index in [1.54, 1.807) is 0 Å². The molecule has 4 nitrogen and oxygen atoms in total. The minimum atomic E-state index is 0.0375. The van der Waals surface area contributed by atoms with E-state index in [1.807, 2.05) is 6.92 Å². The van der Waals surface area contributed by atoms with Crippen molar-refractivity contribution in [2.24, 2.45) is 5.92 Å². The van der Waals surface area contributed by atoms with Crippen LogP contribution in [0.4, 0.5) is 0 Å². The van der Waals surface area contributed by atoms with Crippen molar-refractivity contribution < 1.29 is 9.59 Å². The van der Waals surface area contributed by atoms with E-state index in [2.05, 4.69) is 42.5 Å². The lowest BCUT2D eigenvalue weighted by atomic mass is 10.2. The van der Waals surface area contributed by atoms with Gasteiger partial charge in [-0.3, -0.25) is 9.59 Å². The number of carbonyl (C=O) groups is 2. The van der Waals surface area contributed by atoms with Gasteiger partial charge in [0, 0.05) is 36.6 Å². The van der Waals surface area contributed by atoms with Crippen LogP contribution >= 0.6 is 31.9 Å². The molecule has 0 rings (SSSR count). The molecule has 0 aromatic heterocycles. The summed E-state index contributed by atoms with van der Waals surface area (Å²) in [5, 5.41) is 6.97. The lowest BCUT2D eigenvalue weighted by molar-refractivity contribution is -0.121. The summed E-state index contributed by atoms with van der Waals surface area (Å²) in [6, 6.07) is 0. The molecule has 0 aliphatic heterocycles. The van der Waals surface area contributed by atoms with Crippen LogP contribution < -0.4 is 10.6 Å². The van der Waals surface area contributed by atoms with Gasteiger partial charge in [-0.2, -0.15) is 0 Å². The van der Waals surface area contributed by atoms with E-state index in [-0.39, 0.29) is 17.7 Å². The van der Waals surface area contributed by atoms with E-state index >= 15 is 0 Å². The van der Waals surface area contributed by atoms with Crippen molar-refractivity contribution in [3.8, 4) is 0 Å². The number of alkyl halides is 2. The molecule has 2 N–H and O–H groups in total. The summed E-state index contributed by atoms with van der Waals surface area (Å²) >= 11 is 6.40. The molecule has 0 saturated heterocycles. The van der Waals surface area contributed by atoms with Crippen molar-refractivity contribution in [1.82, 2.24) is 10.6 Å². The quantitative estimate of drug-likeness (QED) is 0.645. The fourth-order valence-electron chi connectivity index (χ4n) is 0.997. The van der Waals surface area contributed by atoms with E-state index in [1.165, 1.54) is 0 Å². The van der Waals surface area contributed by atoms with Crippen molar-refractivity contribution in [3.05, 3.63) is 0 Å². The van der Waals surface area contributed by atoms with Crippen LogP contribution in [0.3, 0.4) is 0 Å². The third-order valence-electron chi connectivity index (χ3n) is 1.94. The molecule has 2 amide bonds. The van der Waals surface area contributed by atoms with Crippen LogP contribution in [0.15, 0.2) is 0 Å². The maximum atomic E-state index is 11.2. The second-order valence-corrected chi connectivity index (χ2v) is 5.18. The summed E-state index contributed by atoms with van der Waals surface area (Å²) in [7, 11) is 0. The Balaban J connectivity index is 3.54. The van der Waals surface area contributed by atoms with Gasteiger partial charge in [-0.05, 0) is 5.92 Å². The topological polar surface area (TPSA) is 58.2 Å². The molecule has 94 valence electrons. The summed E-state index contributed by atoms with van der Waals surface area (Å²) in [6.45, 7) is 3.18. The zero-order valence-electron chi connectivity index (χ0n) is 9.39. The van der Waals surface area contributed by atoms with E-state index in [0.717, 1.165) is 0 Å². The van der Waals surface area contributed by atoms with Crippen LogP contribution in [0.1, 0.15) is 19.8 Å². The maximum Gasteiger partial charge on any atom is 0.220 e. The monoisotopic (exact) mass is 356 g/mol. The van der Waals surface area contributed by atoms with Gasteiger partial charge in [0.25, 0.3) is 0 Å². The highest BCUT2D eigenvalue weighted by molar-refractivity contribution is 9.09. The van der Waals surface area contributed by atoms with Gasteiger partial charge in [-0.1, -0.05) is 38.8 Å². The Bertz CT molecular complexity index is 203. The van der Waals surface area contributed by atoms with Crippen LogP contribution in [-0.4, -0.2) is 35.6 Å². The fraction of sp³-hybridized carbons (Fsp3) is 0.800. The van der Waals surface area contributed by atoms with Crippen LogP contribution in [0.25, 0.3) is 0 Å². The molecule has 0 aromatic rings. The number of amides is 2. The maximum absolute atomic E-state index is 11.2. The average Bonchev–Trinajstić information content (AvgIpc) is 2.24. The number of hydrogen-bond donors (Lipinski definition) is 2. The van der Waals surface area contributed by atoms with E-state index < -0.39 is 0 Å². The number of rotatable bonds is 8. The van der Waals surface area contributed by atoms with Gasteiger partial charge >= 0.3 is 0 Å². The summed E-state index contributed by atoms with van der Waals surface area (Å²) in [5.74, 6) is 0.324. The van der Waals surface area contributed by atoms with Gasteiger partial charge in [0.1, 0.15) is 0 Å².